The van der Waals surface area contributed by atoms with E-state index in [2.05, 4.69) is 30.0 Å². The standard InChI is InChI=1S/C21H25FN6O/c1-29-13-6-19(17-14-25-26-15-17)27-9-11-28(12-10-27)21-20(23-7-8-24-21)16-2-4-18(22)5-3-16/h2-5,7-8,14-15,19H,6,9-13H2,1H3,(H,25,26). The quantitative estimate of drug-likeness (QED) is 0.662. The summed E-state index contributed by atoms with van der Waals surface area (Å²) in [5.41, 5.74) is 2.84. The normalized spacial score (nSPS) is 16.1. The molecule has 0 spiro atoms. The van der Waals surface area contributed by atoms with Crippen molar-refractivity contribution in [2.75, 3.05) is 44.8 Å². The van der Waals surface area contributed by atoms with Crippen molar-refractivity contribution in [2.24, 2.45) is 0 Å². The Bertz CT molecular complexity index is 894. The fourth-order valence-corrected chi connectivity index (χ4v) is 3.85. The summed E-state index contributed by atoms with van der Waals surface area (Å²) in [6.07, 6.45) is 8.16. The second-order valence-corrected chi connectivity index (χ2v) is 7.09. The zero-order chi connectivity index (χ0) is 20.1. The number of aromatic nitrogens is 4. The number of piperazine rings is 1. The van der Waals surface area contributed by atoms with Gasteiger partial charge in [0.15, 0.2) is 5.82 Å². The lowest BCUT2D eigenvalue weighted by Crippen LogP contribution is -2.48. The molecule has 1 unspecified atom stereocenters. The molecule has 0 amide bonds. The highest BCUT2D eigenvalue weighted by molar-refractivity contribution is 5.72. The average molecular weight is 396 g/mol. The van der Waals surface area contributed by atoms with Crippen LogP contribution in [-0.2, 0) is 4.74 Å². The lowest BCUT2D eigenvalue weighted by Gasteiger charge is -2.39. The van der Waals surface area contributed by atoms with Crippen LogP contribution in [0.1, 0.15) is 18.0 Å². The van der Waals surface area contributed by atoms with Gasteiger partial charge in [-0.25, -0.2) is 9.37 Å². The number of anilines is 1. The van der Waals surface area contributed by atoms with Crippen LogP contribution in [0.2, 0.25) is 0 Å². The van der Waals surface area contributed by atoms with Crippen molar-refractivity contribution in [2.45, 2.75) is 12.5 Å². The number of methoxy groups -OCH3 is 1. The molecule has 4 rings (SSSR count). The number of halogens is 1. The minimum absolute atomic E-state index is 0.255. The molecule has 152 valence electrons. The SMILES string of the molecule is COCCC(c1cn[nH]c1)N1CCN(c2nccnc2-c2ccc(F)cc2)CC1. The zero-order valence-electron chi connectivity index (χ0n) is 16.5. The molecular formula is C21H25FN6O. The molecule has 1 aliphatic heterocycles. The van der Waals surface area contributed by atoms with Crippen LogP contribution in [-0.4, -0.2) is 65.0 Å². The van der Waals surface area contributed by atoms with Gasteiger partial charge in [0.2, 0.25) is 0 Å². The molecule has 0 radical (unpaired) electrons. The Labute approximate surface area is 169 Å². The van der Waals surface area contributed by atoms with E-state index in [1.165, 1.54) is 17.7 Å². The number of hydrogen-bond acceptors (Lipinski definition) is 6. The van der Waals surface area contributed by atoms with Gasteiger partial charge in [0.05, 0.1) is 6.20 Å². The fourth-order valence-electron chi connectivity index (χ4n) is 3.85. The molecule has 1 fully saturated rings. The number of nitrogens with one attached hydrogen (secondary N) is 1. The summed E-state index contributed by atoms with van der Waals surface area (Å²) in [6, 6.07) is 6.68. The maximum Gasteiger partial charge on any atom is 0.155 e. The van der Waals surface area contributed by atoms with E-state index in [0.29, 0.717) is 6.61 Å². The topological polar surface area (TPSA) is 70.2 Å². The Morgan fingerprint density at radius 3 is 2.55 bits per heavy atom. The van der Waals surface area contributed by atoms with Gasteiger partial charge < -0.3 is 9.64 Å². The predicted octanol–water partition coefficient (Wildman–Crippen LogP) is 2.91. The Kier molecular flexibility index (Phi) is 6.12. The molecule has 7 nitrogen and oxygen atoms in total. The number of rotatable bonds is 7. The van der Waals surface area contributed by atoms with Crippen molar-refractivity contribution in [1.82, 2.24) is 25.1 Å². The van der Waals surface area contributed by atoms with Crippen LogP contribution in [0.3, 0.4) is 0 Å². The third-order valence-corrected chi connectivity index (χ3v) is 5.35. The van der Waals surface area contributed by atoms with E-state index in [9.17, 15) is 4.39 Å². The van der Waals surface area contributed by atoms with Crippen LogP contribution in [0, 0.1) is 5.82 Å². The summed E-state index contributed by atoms with van der Waals surface area (Å²) < 4.78 is 18.6. The summed E-state index contributed by atoms with van der Waals surface area (Å²) in [5.74, 6) is 0.588. The monoisotopic (exact) mass is 396 g/mol. The lowest BCUT2D eigenvalue weighted by atomic mass is 10.0. The number of H-pyrrole nitrogens is 1. The number of benzene rings is 1. The second kappa shape index (κ2) is 9.11. The van der Waals surface area contributed by atoms with Gasteiger partial charge in [0.1, 0.15) is 11.5 Å². The summed E-state index contributed by atoms with van der Waals surface area (Å²) in [7, 11) is 1.73. The highest BCUT2D eigenvalue weighted by Gasteiger charge is 2.27. The minimum Gasteiger partial charge on any atom is -0.385 e. The Morgan fingerprint density at radius 1 is 1.10 bits per heavy atom. The van der Waals surface area contributed by atoms with Gasteiger partial charge in [-0.1, -0.05) is 0 Å². The molecule has 0 aliphatic carbocycles. The summed E-state index contributed by atoms with van der Waals surface area (Å²) in [6.45, 7) is 4.19. The smallest absolute Gasteiger partial charge is 0.155 e. The summed E-state index contributed by atoms with van der Waals surface area (Å²) in [5, 5.41) is 7.03. The van der Waals surface area contributed by atoms with Gasteiger partial charge in [-0.15, -0.1) is 0 Å². The highest BCUT2D eigenvalue weighted by Crippen LogP contribution is 2.30. The molecule has 0 saturated carbocycles. The van der Waals surface area contributed by atoms with Crippen molar-refractivity contribution in [1.29, 1.82) is 0 Å². The predicted molar refractivity (Wildman–Crippen MR) is 109 cm³/mol. The number of nitrogens with zero attached hydrogens (tertiary/aromatic N) is 5. The maximum absolute atomic E-state index is 13.3. The highest BCUT2D eigenvalue weighted by atomic mass is 19.1. The van der Waals surface area contributed by atoms with Crippen LogP contribution < -0.4 is 4.90 Å². The first kappa shape index (κ1) is 19.5. The third-order valence-electron chi connectivity index (χ3n) is 5.35. The van der Waals surface area contributed by atoms with Crippen molar-refractivity contribution in [3.8, 4) is 11.3 Å². The lowest BCUT2D eigenvalue weighted by molar-refractivity contribution is 0.125. The Balaban J connectivity index is 1.49. The first-order valence-electron chi connectivity index (χ1n) is 9.80. The van der Waals surface area contributed by atoms with Crippen LogP contribution in [0.25, 0.3) is 11.3 Å². The van der Waals surface area contributed by atoms with Crippen molar-refractivity contribution in [3.63, 3.8) is 0 Å². The molecule has 0 bridgehead atoms. The fraction of sp³-hybridized carbons (Fsp3) is 0.381. The van der Waals surface area contributed by atoms with Crippen LogP contribution in [0.15, 0.2) is 49.1 Å². The van der Waals surface area contributed by atoms with Crippen molar-refractivity contribution >= 4 is 5.82 Å². The van der Waals surface area contributed by atoms with Crippen LogP contribution >= 0.6 is 0 Å². The molecule has 3 heterocycles. The van der Waals surface area contributed by atoms with E-state index in [-0.39, 0.29) is 11.9 Å². The van der Waals surface area contributed by atoms with Gasteiger partial charge in [0, 0.05) is 75.7 Å². The molecule has 2 aromatic heterocycles. The number of hydrogen-bond donors (Lipinski definition) is 1. The van der Waals surface area contributed by atoms with Crippen LogP contribution in [0.5, 0.6) is 0 Å². The molecule has 1 saturated heterocycles. The minimum atomic E-state index is -0.255. The van der Waals surface area contributed by atoms with Gasteiger partial charge in [-0.2, -0.15) is 5.10 Å². The Hall–Kier alpha value is -2.84. The van der Waals surface area contributed by atoms with Gasteiger partial charge >= 0.3 is 0 Å². The van der Waals surface area contributed by atoms with E-state index in [0.717, 1.165) is 49.7 Å². The van der Waals surface area contributed by atoms with E-state index < -0.39 is 0 Å². The first-order valence-corrected chi connectivity index (χ1v) is 9.80. The second-order valence-electron chi connectivity index (χ2n) is 7.09. The molecule has 8 heteroatoms. The molecule has 1 N–H and O–H groups in total. The van der Waals surface area contributed by atoms with Gasteiger partial charge in [-0.3, -0.25) is 15.0 Å². The summed E-state index contributed by atoms with van der Waals surface area (Å²) >= 11 is 0. The van der Waals surface area contributed by atoms with E-state index >= 15 is 0 Å². The molecule has 29 heavy (non-hydrogen) atoms. The largest absolute Gasteiger partial charge is 0.385 e. The summed E-state index contributed by atoms with van der Waals surface area (Å²) in [4.78, 5) is 13.8. The maximum atomic E-state index is 13.3. The van der Waals surface area contributed by atoms with E-state index in [4.69, 9.17) is 4.74 Å². The van der Waals surface area contributed by atoms with Gasteiger partial charge in [-0.05, 0) is 30.7 Å². The molecule has 1 aliphatic rings. The van der Waals surface area contributed by atoms with Gasteiger partial charge in [0.25, 0.3) is 0 Å². The van der Waals surface area contributed by atoms with Crippen LogP contribution in [0.4, 0.5) is 10.2 Å². The number of ether oxygens (including phenoxy) is 1. The Morgan fingerprint density at radius 2 is 1.86 bits per heavy atom. The molecular weight excluding hydrogens is 371 g/mol. The number of aromatic amines is 1. The zero-order valence-corrected chi connectivity index (χ0v) is 16.5. The average Bonchev–Trinajstić information content (AvgIpc) is 3.30. The van der Waals surface area contributed by atoms with E-state index in [1.807, 2.05) is 12.4 Å². The van der Waals surface area contributed by atoms with Crippen molar-refractivity contribution < 1.29 is 9.13 Å². The van der Waals surface area contributed by atoms with E-state index in [1.54, 1.807) is 31.6 Å². The first-order chi connectivity index (χ1) is 14.3. The molecule has 3 aromatic rings. The molecule has 1 atom stereocenters. The van der Waals surface area contributed by atoms with Crippen molar-refractivity contribution in [3.05, 3.63) is 60.4 Å². The third kappa shape index (κ3) is 4.44. The molecule has 1 aromatic carbocycles.